The molecule has 1 aliphatic heterocycles. The van der Waals surface area contributed by atoms with E-state index in [-0.39, 0.29) is 24.4 Å². The van der Waals surface area contributed by atoms with Crippen LogP contribution in [0.15, 0.2) is 53.4 Å². The number of carbonyl (C=O) groups excluding carboxylic acids is 1. The monoisotopic (exact) mass is 601 g/mol. The van der Waals surface area contributed by atoms with E-state index in [9.17, 15) is 18.3 Å². The zero-order valence-electron chi connectivity index (χ0n) is 25.1. The van der Waals surface area contributed by atoms with Crippen molar-refractivity contribution in [3.8, 4) is 17.6 Å². The standard InChI is InChI=1S/C31H43N3O7S/c1-30(2,3)41-29(36)33-25(19-23-11-7-6-8-12-23)26(35)21-34(22-31(4,5)15-9-10-16-32)42(37,38)24-13-14-27-28(20-24)40-18-17-39-27/h6-8,11-14,20,25-26,35H,9-10,15,17-19,21-22H2,1-5H3,(H,33,36)/t25-,26+/m0/s1. The minimum atomic E-state index is -4.13. The van der Waals surface area contributed by atoms with Crippen molar-refractivity contribution in [1.29, 1.82) is 5.26 Å². The quantitative estimate of drug-likeness (QED) is 0.316. The smallest absolute Gasteiger partial charge is 0.407 e. The highest BCUT2D eigenvalue weighted by molar-refractivity contribution is 7.89. The first-order chi connectivity index (χ1) is 19.7. The van der Waals surface area contributed by atoms with Crippen LogP contribution < -0.4 is 14.8 Å². The molecule has 0 fully saturated rings. The number of unbranched alkanes of at least 4 members (excludes halogenated alkanes) is 1. The third kappa shape index (κ3) is 9.89. The van der Waals surface area contributed by atoms with Crippen LogP contribution in [0.2, 0.25) is 0 Å². The molecular formula is C31H43N3O7S. The molecule has 0 unspecified atom stereocenters. The van der Waals surface area contributed by atoms with Gasteiger partial charge in [-0.1, -0.05) is 44.2 Å². The fourth-order valence-electron chi connectivity index (χ4n) is 4.73. The summed E-state index contributed by atoms with van der Waals surface area (Å²) in [5, 5.41) is 23.3. The van der Waals surface area contributed by atoms with Crippen molar-refractivity contribution in [3.05, 3.63) is 54.1 Å². The van der Waals surface area contributed by atoms with Gasteiger partial charge in [-0.15, -0.1) is 0 Å². The maximum atomic E-state index is 14.1. The summed E-state index contributed by atoms with van der Waals surface area (Å²) in [6.45, 7) is 9.57. The first kappa shape index (κ1) is 33.2. The summed E-state index contributed by atoms with van der Waals surface area (Å²) in [5.74, 6) is 0.803. The van der Waals surface area contributed by atoms with Crippen LogP contribution in [0.5, 0.6) is 11.5 Å². The molecule has 1 heterocycles. The van der Waals surface area contributed by atoms with Gasteiger partial charge < -0.3 is 24.6 Å². The predicted molar refractivity (Wildman–Crippen MR) is 159 cm³/mol. The second-order valence-corrected chi connectivity index (χ2v) is 14.2. The number of amides is 1. The molecule has 1 aliphatic rings. The molecule has 0 spiro atoms. The Bertz CT molecular complexity index is 1330. The Morgan fingerprint density at radius 1 is 1.10 bits per heavy atom. The van der Waals surface area contributed by atoms with Gasteiger partial charge >= 0.3 is 6.09 Å². The molecule has 2 aromatic carbocycles. The number of alkyl carbamates (subject to hydrolysis) is 1. The minimum absolute atomic E-state index is 0.00601. The van der Waals surface area contributed by atoms with Crippen LogP contribution >= 0.6 is 0 Å². The van der Waals surface area contributed by atoms with Gasteiger partial charge in [-0.2, -0.15) is 9.57 Å². The zero-order chi connectivity index (χ0) is 31.0. The number of nitrogens with zero attached hydrogens (tertiary/aromatic N) is 2. The summed E-state index contributed by atoms with van der Waals surface area (Å²) in [6.07, 6.45) is -0.154. The number of aliphatic hydroxyl groups is 1. The van der Waals surface area contributed by atoms with Crippen LogP contribution in [-0.4, -0.2) is 68.0 Å². The highest BCUT2D eigenvalue weighted by atomic mass is 32.2. The average Bonchev–Trinajstić information content (AvgIpc) is 2.91. The van der Waals surface area contributed by atoms with E-state index in [2.05, 4.69) is 11.4 Å². The molecule has 230 valence electrons. The second-order valence-electron chi connectivity index (χ2n) is 12.3. The number of carbonyl (C=O) groups is 1. The molecule has 1 amide bonds. The maximum Gasteiger partial charge on any atom is 0.407 e. The molecule has 0 radical (unpaired) electrons. The highest BCUT2D eigenvalue weighted by Crippen LogP contribution is 2.34. The molecule has 3 rings (SSSR count). The number of aliphatic hydroxyl groups excluding tert-OH is 1. The number of hydrogen-bond acceptors (Lipinski definition) is 8. The van der Waals surface area contributed by atoms with Gasteiger partial charge in [0.2, 0.25) is 10.0 Å². The number of rotatable bonds is 13. The maximum absolute atomic E-state index is 14.1. The Kier molecular flexibility index (Phi) is 11.2. The van der Waals surface area contributed by atoms with Crippen LogP contribution in [0.3, 0.4) is 0 Å². The van der Waals surface area contributed by atoms with Crippen molar-refractivity contribution in [3.63, 3.8) is 0 Å². The van der Waals surface area contributed by atoms with E-state index < -0.39 is 39.3 Å². The number of hydrogen-bond donors (Lipinski definition) is 2. The first-order valence-corrected chi connectivity index (χ1v) is 15.6. The Hall–Kier alpha value is -3.33. The van der Waals surface area contributed by atoms with Gasteiger partial charge in [0.1, 0.15) is 18.8 Å². The summed E-state index contributed by atoms with van der Waals surface area (Å²) < 4.78 is 46.1. The minimum Gasteiger partial charge on any atom is -0.486 e. The number of nitrogens with one attached hydrogen (secondary N) is 1. The van der Waals surface area contributed by atoms with Gasteiger partial charge in [-0.3, -0.25) is 0 Å². The number of ether oxygens (including phenoxy) is 3. The lowest BCUT2D eigenvalue weighted by Crippen LogP contribution is -2.52. The molecular weight excluding hydrogens is 558 g/mol. The molecule has 0 saturated carbocycles. The zero-order valence-corrected chi connectivity index (χ0v) is 25.9. The van der Waals surface area contributed by atoms with Gasteiger partial charge in [0.25, 0.3) is 0 Å². The molecule has 0 aromatic heterocycles. The lowest BCUT2D eigenvalue weighted by Gasteiger charge is -2.35. The normalized spacial score (nSPS) is 15.0. The van der Waals surface area contributed by atoms with Gasteiger partial charge in [-0.25, -0.2) is 13.2 Å². The third-order valence-electron chi connectivity index (χ3n) is 6.75. The van der Waals surface area contributed by atoms with Crippen LogP contribution in [0.1, 0.15) is 59.4 Å². The largest absolute Gasteiger partial charge is 0.486 e. The Morgan fingerprint density at radius 3 is 2.40 bits per heavy atom. The molecule has 0 bridgehead atoms. The van der Waals surface area contributed by atoms with E-state index in [1.165, 1.54) is 16.4 Å². The first-order valence-electron chi connectivity index (χ1n) is 14.2. The van der Waals surface area contributed by atoms with E-state index >= 15 is 0 Å². The summed E-state index contributed by atoms with van der Waals surface area (Å²) in [7, 11) is -4.13. The Labute approximate surface area is 249 Å². The van der Waals surface area contributed by atoms with Crippen molar-refractivity contribution in [1.82, 2.24) is 9.62 Å². The number of fused-ring (bicyclic) bond motifs is 1. The molecule has 2 N–H and O–H groups in total. The van der Waals surface area contributed by atoms with Crippen LogP contribution in [0.25, 0.3) is 0 Å². The van der Waals surface area contributed by atoms with Crippen molar-refractivity contribution in [2.75, 3.05) is 26.3 Å². The molecule has 2 aromatic rings. The van der Waals surface area contributed by atoms with Gasteiger partial charge in [0.15, 0.2) is 11.5 Å². The van der Waals surface area contributed by atoms with Crippen LogP contribution in [-0.2, 0) is 21.2 Å². The summed E-state index contributed by atoms with van der Waals surface area (Å²) in [6, 6.07) is 15.1. The molecule has 11 heteroatoms. The fraction of sp³-hybridized carbons (Fsp3) is 0.548. The van der Waals surface area contributed by atoms with Gasteiger partial charge in [-0.05, 0) is 63.1 Å². The summed E-state index contributed by atoms with van der Waals surface area (Å²) in [4.78, 5) is 12.8. The van der Waals surface area contributed by atoms with E-state index in [1.54, 1.807) is 26.8 Å². The van der Waals surface area contributed by atoms with Crippen molar-refractivity contribution in [2.45, 2.75) is 82.9 Å². The molecule has 42 heavy (non-hydrogen) atoms. The van der Waals surface area contributed by atoms with E-state index in [0.29, 0.717) is 44.0 Å². The fourth-order valence-corrected chi connectivity index (χ4v) is 6.39. The second kappa shape index (κ2) is 14.2. The topological polar surface area (TPSA) is 138 Å². The molecule has 0 saturated heterocycles. The summed E-state index contributed by atoms with van der Waals surface area (Å²) >= 11 is 0. The van der Waals surface area contributed by atoms with E-state index in [0.717, 1.165) is 5.56 Å². The number of benzene rings is 2. The van der Waals surface area contributed by atoms with E-state index in [4.69, 9.17) is 19.5 Å². The lowest BCUT2D eigenvalue weighted by molar-refractivity contribution is 0.0391. The van der Waals surface area contributed by atoms with Crippen molar-refractivity contribution in [2.24, 2.45) is 5.41 Å². The van der Waals surface area contributed by atoms with Crippen LogP contribution in [0, 0.1) is 16.7 Å². The number of nitriles is 1. The highest BCUT2D eigenvalue weighted by Gasteiger charge is 2.35. The lowest BCUT2D eigenvalue weighted by atomic mass is 9.87. The Balaban J connectivity index is 1.93. The SMILES string of the molecule is CC(C)(CCCC#N)CN(C[C@@H](O)[C@H](Cc1ccccc1)NC(=O)OC(C)(C)C)S(=O)(=O)c1ccc2c(c1)OCCO2. The van der Waals surface area contributed by atoms with Crippen LogP contribution in [0.4, 0.5) is 4.79 Å². The number of sulfonamides is 1. The summed E-state index contributed by atoms with van der Waals surface area (Å²) in [5.41, 5.74) is -0.408. The van der Waals surface area contributed by atoms with E-state index in [1.807, 2.05) is 44.2 Å². The predicted octanol–water partition coefficient (Wildman–Crippen LogP) is 4.67. The van der Waals surface area contributed by atoms with Crippen molar-refractivity contribution >= 4 is 16.1 Å². The molecule has 2 atom stereocenters. The van der Waals surface area contributed by atoms with Gasteiger partial charge in [0.05, 0.1) is 23.1 Å². The average molecular weight is 602 g/mol. The Morgan fingerprint density at radius 2 is 1.76 bits per heavy atom. The molecule has 10 nitrogen and oxygen atoms in total. The van der Waals surface area contributed by atoms with Gasteiger partial charge in [0, 0.05) is 25.6 Å². The third-order valence-corrected chi connectivity index (χ3v) is 8.56. The molecule has 0 aliphatic carbocycles. The van der Waals surface area contributed by atoms with Crippen molar-refractivity contribution < 1.29 is 32.5 Å².